The second kappa shape index (κ2) is 5.21. The second-order valence-corrected chi connectivity index (χ2v) is 5.60. The van der Waals surface area contributed by atoms with E-state index >= 15 is 0 Å². The van der Waals surface area contributed by atoms with Gasteiger partial charge in [0.15, 0.2) is 11.3 Å². The van der Waals surface area contributed by atoms with Crippen LogP contribution < -0.4 is 4.57 Å². The summed E-state index contributed by atoms with van der Waals surface area (Å²) >= 11 is 5.91. The number of hydrogen-bond donors (Lipinski definition) is 1. The molecule has 102 valence electrons. The van der Waals surface area contributed by atoms with Crippen molar-refractivity contribution >= 4 is 22.8 Å². The minimum Gasteiger partial charge on any atom is -0.322 e. The molecule has 0 aliphatic carbocycles. The number of halogens is 1. The minimum atomic E-state index is 0.367. The van der Waals surface area contributed by atoms with Crippen molar-refractivity contribution < 1.29 is 4.57 Å². The van der Waals surface area contributed by atoms with E-state index in [0.717, 1.165) is 28.6 Å². The molecule has 0 radical (unpaired) electrons. The topological polar surface area (TPSA) is 45.5 Å². The van der Waals surface area contributed by atoms with Crippen LogP contribution in [0.4, 0.5) is 0 Å². The number of hydrogen-bond acceptors (Lipinski definition) is 2. The Morgan fingerprint density at radius 2 is 2.00 bits per heavy atom. The van der Waals surface area contributed by atoms with Crippen LogP contribution in [0.15, 0.2) is 36.8 Å². The van der Waals surface area contributed by atoms with E-state index < -0.39 is 0 Å². The number of nitrogens with zero attached hydrogens (tertiary/aromatic N) is 3. The molecule has 0 amide bonds. The van der Waals surface area contributed by atoms with E-state index in [0.29, 0.717) is 5.92 Å². The van der Waals surface area contributed by atoms with Gasteiger partial charge < -0.3 is 4.98 Å². The molecular weight excluding hydrogens is 272 g/mol. The number of fused-ring (bicyclic) bond motifs is 1. The fourth-order valence-electron chi connectivity index (χ4n) is 2.12. The van der Waals surface area contributed by atoms with Gasteiger partial charge in [0, 0.05) is 10.9 Å². The van der Waals surface area contributed by atoms with Gasteiger partial charge in [-0.25, -0.2) is 4.57 Å². The van der Waals surface area contributed by atoms with Gasteiger partial charge >= 0.3 is 0 Å². The quantitative estimate of drug-likeness (QED) is 0.753. The van der Waals surface area contributed by atoms with E-state index in [2.05, 4.69) is 28.8 Å². The smallest absolute Gasteiger partial charge is 0.291 e. The lowest BCUT2D eigenvalue weighted by atomic mass is 10.2. The highest BCUT2D eigenvalue weighted by Crippen LogP contribution is 2.14. The molecule has 0 fully saturated rings. The Morgan fingerprint density at radius 1 is 1.25 bits per heavy atom. The van der Waals surface area contributed by atoms with Crippen molar-refractivity contribution in [2.45, 2.75) is 26.3 Å². The molecule has 5 heteroatoms. The zero-order valence-corrected chi connectivity index (χ0v) is 12.2. The fraction of sp³-hybridized carbons (Fsp3) is 0.267. The summed E-state index contributed by atoms with van der Waals surface area (Å²) < 4.78 is 2.04. The van der Waals surface area contributed by atoms with Crippen LogP contribution in [0.2, 0.25) is 5.02 Å². The van der Waals surface area contributed by atoms with E-state index in [4.69, 9.17) is 11.6 Å². The van der Waals surface area contributed by atoms with Crippen molar-refractivity contribution in [1.29, 1.82) is 0 Å². The van der Waals surface area contributed by atoms with E-state index in [1.807, 2.05) is 41.4 Å². The zero-order chi connectivity index (χ0) is 14.1. The molecule has 1 aromatic carbocycles. The second-order valence-electron chi connectivity index (χ2n) is 5.16. The number of aromatic nitrogens is 4. The van der Waals surface area contributed by atoms with Gasteiger partial charge in [-0.15, -0.1) is 4.98 Å². The van der Waals surface area contributed by atoms with Crippen molar-refractivity contribution in [2.75, 3.05) is 0 Å². The van der Waals surface area contributed by atoms with Crippen LogP contribution in [0.5, 0.6) is 0 Å². The summed E-state index contributed by atoms with van der Waals surface area (Å²) in [5, 5.41) is 0.747. The van der Waals surface area contributed by atoms with E-state index in [9.17, 15) is 0 Å². The first kappa shape index (κ1) is 13.1. The maximum absolute atomic E-state index is 5.91. The van der Waals surface area contributed by atoms with Crippen molar-refractivity contribution in [1.82, 2.24) is 15.0 Å². The summed E-state index contributed by atoms with van der Waals surface area (Å²) in [6, 6.07) is 7.83. The molecule has 3 aromatic rings. The molecular formula is C15H16ClN4+. The molecule has 0 aliphatic heterocycles. The number of benzene rings is 1. The number of rotatable bonds is 3. The number of imidazole rings is 1. The lowest BCUT2D eigenvalue weighted by molar-refractivity contribution is -0.667. The Morgan fingerprint density at radius 3 is 2.70 bits per heavy atom. The molecule has 3 rings (SSSR count). The zero-order valence-electron chi connectivity index (χ0n) is 11.5. The van der Waals surface area contributed by atoms with Crippen molar-refractivity contribution in [3.05, 3.63) is 53.2 Å². The molecule has 0 saturated carbocycles. The highest BCUT2D eigenvalue weighted by molar-refractivity contribution is 6.30. The normalized spacial score (nSPS) is 11.4. The maximum Gasteiger partial charge on any atom is 0.291 e. The van der Waals surface area contributed by atoms with Crippen molar-refractivity contribution in [2.24, 2.45) is 0 Å². The highest BCUT2D eigenvalue weighted by Gasteiger charge is 2.16. The highest BCUT2D eigenvalue weighted by atomic mass is 35.5. The standard InChI is InChI=1S/C15H15ClN4/c1-10(2)14-18-13-7-17-9-20(15(13)19-14)8-11-3-5-12(16)6-4-11/h3-7,9-10H,8H2,1-2H3/p+1. The van der Waals surface area contributed by atoms with E-state index in [1.54, 1.807) is 0 Å². The summed E-state index contributed by atoms with van der Waals surface area (Å²) in [6.07, 6.45) is 3.62. The third-order valence-corrected chi connectivity index (χ3v) is 3.48. The number of nitrogens with one attached hydrogen (secondary N) is 1. The van der Waals surface area contributed by atoms with Gasteiger partial charge in [-0.2, -0.15) is 0 Å². The van der Waals surface area contributed by atoms with Gasteiger partial charge in [-0.05, 0) is 17.7 Å². The summed E-state index contributed by atoms with van der Waals surface area (Å²) in [4.78, 5) is 12.2. The van der Waals surface area contributed by atoms with Crippen LogP contribution in [0.3, 0.4) is 0 Å². The summed E-state index contributed by atoms with van der Waals surface area (Å²) in [7, 11) is 0. The van der Waals surface area contributed by atoms with E-state index in [1.165, 1.54) is 5.56 Å². The molecule has 0 aliphatic rings. The average molecular weight is 288 g/mol. The Labute approximate surface area is 122 Å². The van der Waals surface area contributed by atoms with E-state index in [-0.39, 0.29) is 0 Å². The average Bonchev–Trinajstić information content (AvgIpc) is 2.87. The number of aromatic amines is 1. The molecule has 2 aromatic heterocycles. The molecule has 4 nitrogen and oxygen atoms in total. The molecule has 0 atom stereocenters. The lowest BCUT2D eigenvalue weighted by Crippen LogP contribution is -2.35. The fourth-order valence-corrected chi connectivity index (χ4v) is 2.25. The van der Waals surface area contributed by atoms with Gasteiger partial charge in [0.25, 0.3) is 5.65 Å². The third-order valence-electron chi connectivity index (χ3n) is 3.22. The van der Waals surface area contributed by atoms with Gasteiger partial charge in [0.05, 0.1) is 6.54 Å². The molecule has 0 saturated heterocycles. The predicted molar refractivity (Wildman–Crippen MR) is 78.7 cm³/mol. The predicted octanol–water partition coefficient (Wildman–Crippen LogP) is 3.07. The van der Waals surface area contributed by atoms with Gasteiger partial charge in [-0.3, -0.25) is 0 Å². The maximum atomic E-state index is 5.91. The Balaban J connectivity index is 2.00. The van der Waals surface area contributed by atoms with Crippen LogP contribution in [0.1, 0.15) is 31.2 Å². The molecule has 2 heterocycles. The molecule has 0 spiro atoms. The Bertz CT molecular complexity index is 731. The number of H-pyrrole nitrogens is 1. The first-order valence-corrected chi connectivity index (χ1v) is 6.99. The summed E-state index contributed by atoms with van der Waals surface area (Å²) in [5.74, 6) is 1.35. The van der Waals surface area contributed by atoms with Gasteiger partial charge in [0.1, 0.15) is 6.20 Å². The molecule has 1 N–H and O–H groups in total. The Kier molecular flexibility index (Phi) is 3.40. The molecule has 20 heavy (non-hydrogen) atoms. The first-order chi connectivity index (χ1) is 9.63. The van der Waals surface area contributed by atoms with Crippen LogP contribution >= 0.6 is 11.6 Å². The van der Waals surface area contributed by atoms with Gasteiger partial charge in [0.2, 0.25) is 6.33 Å². The Hall–Kier alpha value is -1.94. The van der Waals surface area contributed by atoms with Crippen LogP contribution in [0, 0.1) is 0 Å². The summed E-state index contributed by atoms with van der Waals surface area (Å²) in [5.41, 5.74) is 3.06. The first-order valence-electron chi connectivity index (χ1n) is 6.61. The third kappa shape index (κ3) is 2.51. The van der Waals surface area contributed by atoms with Crippen LogP contribution in [-0.2, 0) is 6.54 Å². The monoisotopic (exact) mass is 287 g/mol. The van der Waals surface area contributed by atoms with Crippen molar-refractivity contribution in [3.63, 3.8) is 0 Å². The largest absolute Gasteiger partial charge is 0.322 e. The SMILES string of the molecule is CC(C)c1nc2c(cnc[n+]2Cc2ccc(Cl)cc2)[nH]1. The van der Waals surface area contributed by atoms with Gasteiger partial charge in [-0.1, -0.05) is 42.6 Å². The van der Waals surface area contributed by atoms with Crippen LogP contribution in [0.25, 0.3) is 11.2 Å². The molecule has 0 unspecified atom stereocenters. The summed E-state index contributed by atoms with van der Waals surface area (Å²) in [6.45, 7) is 4.97. The minimum absolute atomic E-state index is 0.367. The van der Waals surface area contributed by atoms with Crippen molar-refractivity contribution in [3.8, 4) is 0 Å². The molecule has 0 bridgehead atoms. The lowest BCUT2D eigenvalue weighted by Gasteiger charge is -2.01. The van der Waals surface area contributed by atoms with Crippen LogP contribution in [-0.4, -0.2) is 15.0 Å².